The summed E-state index contributed by atoms with van der Waals surface area (Å²) in [6.45, 7) is 15.4. The maximum Gasteiger partial charge on any atom is 0.351 e. The third-order valence-corrected chi connectivity index (χ3v) is 7.04. The Morgan fingerprint density at radius 1 is 0.762 bits per heavy atom. The molecular weight excluding hydrogens is 540 g/mol. The Balaban J connectivity index is 0.000000230. The van der Waals surface area contributed by atoms with Gasteiger partial charge in [0.2, 0.25) is 0 Å². The molecule has 0 saturated carbocycles. The van der Waals surface area contributed by atoms with Gasteiger partial charge in [0, 0.05) is 60.5 Å². The van der Waals surface area contributed by atoms with E-state index in [1.807, 2.05) is 37.3 Å². The Bertz CT molecular complexity index is 1680. The number of benzene rings is 2. The summed E-state index contributed by atoms with van der Waals surface area (Å²) in [6.07, 6.45) is 0.467. The lowest BCUT2D eigenvalue weighted by Crippen LogP contribution is -2.22. The van der Waals surface area contributed by atoms with Crippen LogP contribution in [-0.4, -0.2) is 49.8 Å². The van der Waals surface area contributed by atoms with Crippen molar-refractivity contribution >= 4 is 45.3 Å². The average Bonchev–Trinajstić information content (AvgIpc) is 2.97. The lowest BCUT2D eigenvalue weighted by molar-refractivity contribution is 0.0521. The van der Waals surface area contributed by atoms with Gasteiger partial charge in [-0.15, -0.1) is 0 Å². The zero-order valence-electron chi connectivity index (χ0n) is 25.0. The van der Waals surface area contributed by atoms with Crippen LogP contribution in [0, 0.1) is 0 Å². The lowest BCUT2D eigenvalue weighted by atomic mass is 10.0. The maximum absolute atomic E-state index is 11.9. The van der Waals surface area contributed by atoms with E-state index in [4.69, 9.17) is 13.6 Å². The highest BCUT2D eigenvalue weighted by Gasteiger charge is 2.20. The van der Waals surface area contributed by atoms with Crippen molar-refractivity contribution < 1.29 is 28.3 Å². The number of carbonyl (C=O) groups is 2. The summed E-state index contributed by atoms with van der Waals surface area (Å²) in [5, 5.41) is 10.6. The van der Waals surface area contributed by atoms with E-state index in [-0.39, 0.29) is 17.7 Å². The van der Waals surface area contributed by atoms with Gasteiger partial charge in [-0.2, -0.15) is 0 Å². The number of ether oxygens (including phenoxy) is 1. The predicted octanol–water partition coefficient (Wildman–Crippen LogP) is 5.72. The predicted molar refractivity (Wildman–Crippen MR) is 164 cm³/mol. The number of nitrogens with zero attached hydrogens (tertiary/aromatic N) is 2. The first kappa shape index (κ1) is 31.9. The van der Waals surface area contributed by atoms with Crippen LogP contribution < -0.4 is 21.1 Å². The van der Waals surface area contributed by atoms with Gasteiger partial charge in [-0.25, -0.2) is 19.2 Å². The molecule has 0 bridgehead atoms. The van der Waals surface area contributed by atoms with Crippen LogP contribution in [0.25, 0.3) is 21.9 Å². The molecule has 0 fully saturated rings. The molecule has 0 amide bonds. The molecule has 42 heavy (non-hydrogen) atoms. The van der Waals surface area contributed by atoms with E-state index in [2.05, 4.69) is 37.5 Å². The van der Waals surface area contributed by atoms with Gasteiger partial charge >= 0.3 is 23.2 Å². The van der Waals surface area contributed by atoms with E-state index < -0.39 is 23.2 Å². The second-order valence-electron chi connectivity index (χ2n) is 9.32. The number of anilines is 2. The molecule has 10 nitrogen and oxygen atoms in total. The van der Waals surface area contributed by atoms with Crippen molar-refractivity contribution in [1.82, 2.24) is 0 Å². The number of aryl methyl sites for hydroxylation is 1. The molecule has 0 aliphatic rings. The highest BCUT2D eigenvalue weighted by atomic mass is 16.5. The molecule has 0 radical (unpaired) electrons. The molecule has 4 aromatic rings. The van der Waals surface area contributed by atoms with Crippen molar-refractivity contribution in [3.05, 3.63) is 80.0 Å². The zero-order valence-corrected chi connectivity index (χ0v) is 25.0. The van der Waals surface area contributed by atoms with Crippen molar-refractivity contribution in [2.45, 2.75) is 48.0 Å². The third-order valence-electron chi connectivity index (χ3n) is 7.04. The van der Waals surface area contributed by atoms with Crippen molar-refractivity contribution in [2.24, 2.45) is 0 Å². The third kappa shape index (κ3) is 6.82. The monoisotopic (exact) mass is 578 g/mol. The summed E-state index contributed by atoms with van der Waals surface area (Å²) in [4.78, 5) is 51.0. The van der Waals surface area contributed by atoms with Crippen LogP contribution in [0.1, 0.15) is 67.8 Å². The van der Waals surface area contributed by atoms with Gasteiger partial charge in [0.25, 0.3) is 0 Å². The number of rotatable bonds is 10. The first-order valence-electron chi connectivity index (χ1n) is 14.2. The number of fused-ring (bicyclic) bond motifs is 2. The van der Waals surface area contributed by atoms with E-state index >= 15 is 0 Å². The Morgan fingerprint density at radius 3 is 1.83 bits per heavy atom. The number of carboxylic acids is 1. The SMILES string of the molecule is CCOC(=O)c1cc2ccc(N(CC)CC)cc2oc1=O.CCc1c(C(=O)O)c(=O)oc2cc(N(CC)CC)ccc12. The molecule has 2 heterocycles. The Morgan fingerprint density at radius 2 is 1.31 bits per heavy atom. The lowest BCUT2D eigenvalue weighted by Gasteiger charge is -2.21. The minimum Gasteiger partial charge on any atom is -0.477 e. The fourth-order valence-corrected chi connectivity index (χ4v) is 4.86. The van der Waals surface area contributed by atoms with Crippen LogP contribution in [-0.2, 0) is 11.2 Å². The molecule has 2 aromatic heterocycles. The summed E-state index contributed by atoms with van der Waals surface area (Å²) < 4.78 is 15.3. The summed E-state index contributed by atoms with van der Waals surface area (Å²) in [7, 11) is 0. The highest BCUT2D eigenvalue weighted by molar-refractivity contribution is 5.96. The van der Waals surface area contributed by atoms with Crippen LogP contribution in [0.2, 0.25) is 0 Å². The smallest absolute Gasteiger partial charge is 0.351 e. The van der Waals surface area contributed by atoms with Crippen LogP contribution in [0.3, 0.4) is 0 Å². The normalized spacial score (nSPS) is 10.7. The van der Waals surface area contributed by atoms with Gasteiger partial charge in [-0.1, -0.05) is 6.92 Å². The molecule has 0 spiro atoms. The summed E-state index contributed by atoms with van der Waals surface area (Å²) in [5.41, 5.74) is 1.59. The Hall–Kier alpha value is -4.60. The fraction of sp³-hybridized carbons (Fsp3) is 0.375. The molecule has 224 valence electrons. The van der Waals surface area contributed by atoms with E-state index in [1.54, 1.807) is 13.0 Å². The fourth-order valence-electron chi connectivity index (χ4n) is 4.86. The van der Waals surface area contributed by atoms with Crippen molar-refractivity contribution in [3.8, 4) is 0 Å². The van der Waals surface area contributed by atoms with Gasteiger partial charge < -0.3 is 28.5 Å². The Kier molecular flexibility index (Phi) is 10.9. The van der Waals surface area contributed by atoms with Gasteiger partial charge in [-0.05, 0) is 76.9 Å². The van der Waals surface area contributed by atoms with Gasteiger partial charge in [0.15, 0.2) is 0 Å². The number of hydrogen-bond acceptors (Lipinski definition) is 9. The average molecular weight is 579 g/mol. The van der Waals surface area contributed by atoms with Gasteiger partial charge in [0.05, 0.1) is 6.61 Å². The van der Waals surface area contributed by atoms with E-state index in [1.165, 1.54) is 6.07 Å². The number of esters is 1. The second kappa shape index (κ2) is 14.3. The highest BCUT2D eigenvalue weighted by Crippen LogP contribution is 2.26. The molecule has 0 aliphatic carbocycles. The number of carboxylic acid groups (broad SMARTS) is 1. The van der Waals surface area contributed by atoms with E-state index in [9.17, 15) is 24.3 Å². The minimum atomic E-state index is -1.24. The largest absolute Gasteiger partial charge is 0.477 e. The number of aromatic carboxylic acids is 1. The van der Waals surface area contributed by atoms with Gasteiger partial charge in [-0.3, -0.25) is 0 Å². The first-order valence-corrected chi connectivity index (χ1v) is 14.2. The Labute approximate surface area is 244 Å². The molecule has 10 heteroatoms. The molecule has 0 unspecified atom stereocenters. The molecule has 0 aliphatic heterocycles. The second-order valence-corrected chi connectivity index (χ2v) is 9.32. The zero-order chi connectivity index (χ0) is 31.0. The van der Waals surface area contributed by atoms with Crippen molar-refractivity contribution in [3.63, 3.8) is 0 Å². The molecule has 4 rings (SSSR count). The standard InChI is InChI=1S/2C16H19NO4/c1-4-17(5-2)12-8-7-11-9-13(15(18)20-6-3)16(19)21-14(11)10-12;1-4-11-12-8-7-10(17(5-2)6-3)9-13(12)21-16(20)14(11)15(18)19/h7-10H,4-6H2,1-3H3;7-9H,4-6H2,1-3H3,(H,18,19). The van der Waals surface area contributed by atoms with Crippen molar-refractivity contribution in [2.75, 3.05) is 42.6 Å². The van der Waals surface area contributed by atoms with Crippen LogP contribution in [0.4, 0.5) is 11.4 Å². The van der Waals surface area contributed by atoms with Crippen LogP contribution in [0.15, 0.2) is 60.9 Å². The summed E-state index contributed by atoms with van der Waals surface area (Å²) >= 11 is 0. The minimum absolute atomic E-state index is 0.0695. The first-order chi connectivity index (χ1) is 20.1. The van der Waals surface area contributed by atoms with Crippen LogP contribution in [0.5, 0.6) is 0 Å². The maximum atomic E-state index is 11.9. The van der Waals surface area contributed by atoms with E-state index in [0.717, 1.165) is 37.6 Å². The number of hydrogen-bond donors (Lipinski definition) is 1. The van der Waals surface area contributed by atoms with Crippen LogP contribution >= 0.6 is 0 Å². The molecule has 0 saturated heterocycles. The molecule has 1 N–H and O–H groups in total. The molecule has 0 atom stereocenters. The molecule has 2 aromatic carbocycles. The van der Waals surface area contributed by atoms with Gasteiger partial charge in [0.1, 0.15) is 22.3 Å². The molecular formula is C32H38N2O8. The number of carbonyl (C=O) groups excluding carboxylic acids is 1. The van der Waals surface area contributed by atoms with Crippen molar-refractivity contribution in [1.29, 1.82) is 0 Å². The topological polar surface area (TPSA) is 130 Å². The van der Waals surface area contributed by atoms with E-state index in [0.29, 0.717) is 33.9 Å². The quantitative estimate of drug-likeness (QED) is 0.184. The summed E-state index contributed by atoms with van der Waals surface area (Å²) in [5.74, 6) is -1.89. The summed E-state index contributed by atoms with van der Waals surface area (Å²) in [6, 6.07) is 12.7.